The number of carbonyl (C=O) groups is 2. The van der Waals surface area contributed by atoms with Crippen LogP contribution in [0.15, 0.2) is 125 Å². The lowest BCUT2D eigenvalue weighted by atomic mass is 9.81. The third kappa shape index (κ3) is 15.5. The SMILES string of the molecule is CCN1C(=CC=CC=CC2=[N+](CCCCCC(=O)NCC#Cc3ccc(C(=O)Oc4nc(N)nc5c4ncn5C4CC(O)C(COP(=O)([O-])OP(=O)([O-])OP(=O)([O-])O)O4)c4ccccc34)c3ccc(S(=O)(=O)O)cc3C2(C)C)C(C)(C)c2cc(S(=O)(=O)[O-])ccc21. The van der Waals surface area contributed by atoms with Gasteiger partial charge in [0.05, 0.1) is 46.4 Å². The van der Waals surface area contributed by atoms with Crippen molar-refractivity contribution in [2.45, 2.75) is 106 Å². The number of unbranched alkanes of at least 4 members (excludes halogenated alkanes) is 2. The van der Waals surface area contributed by atoms with E-state index in [0.717, 1.165) is 28.3 Å². The molecular weight excluding hydrogens is 1290 g/mol. The van der Waals surface area contributed by atoms with E-state index in [9.17, 15) is 69.0 Å². The van der Waals surface area contributed by atoms with E-state index < -0.39 is 85.5 Å². The maximum Gasteiger partial charge on any atom is 0.345 e. The number of amides is 1. The quantitative estimate of drug-likeness (QED) is 0.0108. The summed E-state index contributed by atoms with van der Waals surface area (Å²) in [6.07, 6.45) is 8.43. The Kier molecular flexibility index (Phi) is 19.8. The summed E-state index contributed by atoms with van der Waals surface area (Å²) in [7, 11) is -27.2. The van der Waals surface area contributed by atoms with Crippen LogP contribution in [0.4, 0.5) is 17.3 Å². The Balaban J connectivity index is 0.802. The van der Waals surface area contributed by atoms with Gasteiger partial charge in [-0.25, -0.2) is 26.8 Å². The van der Waals surface area contributed by atoms with Crippen molar-refractivity contribution >= 4 is 101 Å². The van der Waals surface area contributed by atoms with Crippen LogP contribution in [0.3, 0.4) is 0 Å². The number of esters is 1. The molecule has 0 bridgehead atoms. The summed E-state index contributed by atoms with van der Waals surface area (Å²) in [6, 6.07) is 18.9. The number of phosphoric acid groups is 3. The average Bonchev–Trinajstić information content (AvgIpc) is 1.61. The third-order valence-corrected chi connectivity index (χ3v) is 20.7. The first-order valence-electron chi connectivity index (χ1n) is 27.8. The summed E-state index contributed by atoms with van der Waals surface area (Å²) in [5, 5.41) is 14.5. The van der Waals surface area contributed by atoms with Gasteiger partial charge in [-0.2, -0.15) is 23.0 Å². The van der Waals surface area contributed by atoms with E-state index in [2.05, 4.69) is 54.7 Å². The topological polar surface area (TPSA) is 441 Å². The number of fused-ring (bicyclic) bond motifs is 4. The molecule has 1 amide bonds. The first-order valence-corrected chi connectivity index (χ1v) is 35.1. The van der Waals surface area contributed by atoms with Gasteiger partial charge < -0.3 is 59.2 Å². The number of carbonyl (C=O) groups excluding carboxylic acids is 2. The number of likely N-dealkylation sites (N-methyl/N-ethyl adjacent to an activating group) is 1. The first kappa shape index (κ1) is 68.2. The van der Waals surface area contributed by atoms with Gasteiger partial charge in [0.15, 0.2) is 16.9 Å². The van der Waals surface area contributed by atoms with Crippen LogP contribution >= 0.6 is 23.5 Å². The highest BCUT2D eigenvalue weighted by atomic mass is 32.2. The lowest BCUT2D eigenvalue weighted by Gasteiger charge is -2.33. The lowest BCUT2D eigenvalue weighted by Crippen LogP contribution is -2.28. The Morgan fingerprint density at radius 3 is 2.32 bits per heavy atom. The van der Waals surface area contributed by atoms with E-state index in [1.54, 1.807) is 42.5 Å². The number of aliphatic hydroxyl groups excluding tert-OH is 1. The number of phosphoric ester groups is 1. The van der Waals surface area contributed by atoms with Crippen LogP contribution in [0.2, 0.25) is 0 Å². The number of nitrogens with two attached hydrogens (primary N) is 1. The molecule has 6 aromatic rings. The molecular formula is C57H60N8O21P3S2-3. The Labute approximate surface area is 521 Å². The second kappa shape index (κ2) is 26.4. The fraction of sp³-hybridized carbons (Fsp3) is 0.333. The normalized spacial score (nSPS) is 20.4. The van der Waals surface area contributed by atoms with Crippen LogP contribution in [0.1, 0.15) is 100.0 Å². The predicted octanol–water partition coefficient (Wildman–Crippen LogP) is 4.95. The Bertz CT molecular complexity index is 4500. The van der Waals surface area contributed by atoms with Crippen molar-refractivity contribution in [1.29, 1.82) is 0 Å². The number of imidazole rings is 1. The van der Waals surface area contributed by atoms with Crippen LogP contribution in [0.25, 0.3) is 21.9 Å². The molecule has 1 saturated heterocycles. The largest absolute Gasteiger partial charge is 0.756 e. The van der Waals surface area contributed by atoms with Gasteiger partial charge in [0, 0.05) is 65.9 Å². The summed E-state index contributed by atoms with van der Waals surface area (Å²) in [5.74, 6) is 4.17. The second-order valence-corrected chi connectivity index (χ2v) is 29.2. The van der Waals surface area contributed by atoms with Crippen molar-refractivity contribution in [3.63, 3.8) is 0 Å². The number of nitrogens with zero attached hydrogens (tertiary/aromatic N) is 6. The summed E-state index contributed by atoms with van der Waals surface area (Å²) in [6.45, 7) is 9.91. The van der Waals surface area contributed by atoms with E-state index in [4.69, 9.17) is 20.1 Å². The smallest absolute Gasteiger partial charge is 0.345 e. The molecule has 29 nitrogen and oxygen atoms in total. The first-order chi connectivity index (χ1) is 42.6. The van der Waals surface area contributed by atoms with Crippen molar-refractivity contribution in [2.24, 2.45) is 0 Å². The van der Waals surface area contributed by atoms with Crippen molar-refractivity contribution in [1.82, 2.24) is 24.8 Å². The van der Waals surface area contributed by atoms with Gasteiger partial charge in [-0.3, -0.25) is 27.6 Å². The molecule has 2 aromatic heterocycles. The molecule has 1 fully saturated rings. The molecule has 6 N–H and O–H groups in total. The molecule has 0 saturated carbocycles. The molecule has 9 rings (SSSR count). The molecule has 6 atom stereocenters. The average molecular weight is 1350 g/mol. The molecule has 3 aliphatic heterocycles. The van der Waals surface area contributed by atoms with Gasteiger partial charge in [0.1, 0.15) is 29.0 Å². The van der Waals surface area contributed by atoms with Crippen LogP contribution in [-0.2, 0) is 67.4 Å². The number of rotatable bonds is 23. The number of nitrogen functional groups attached to an aromatic ring is 1. The van der Waals surface area contributed by atoms with E-state index in [-0.39, 0.29) is 63.6 Å². The van der Waals surface area contributed by atoms with E-state index in [1.165, 1.54) is 41.2 Å². The molecule has 0 spiro atoms. The molecule has 484 valence electrons. The number of benzene rings is 4. The molecule has 4 aromatic carbocycles. The number of aromatic nitrogens is 4. The summed E-state index contributed by atoms with van der Waals surface area (Å²) in [4.78, 5) is 84.0. The highest BCUT2D eigenvalue weighted by Gasteiger charge is 2.45. The van der Waals surface area contributed by atoms with Crippen LogP contribution in [0.5, 0.6) is 5.88 Å². The van der Waals surface area contributed by atoms with Crippen LogP contribution in [-0.4, -0.2) is 116 Å². The Morgan fingerprint density at radius 2 is 1.62 bits per heavy atom. The molecule has 5 heterocycles. The molecule has 6 unspecified atom stereocenters. The van der Waals surface area contributed by atoms with Crippen molar-refractivity contribution in [3.05, 3.63) is 137 Å². The second-order valence-electron chi connectivity index (χ2n) is 22.1. The van der Waals surface area contributed by atoms with Crippen molar-refractivity contribution in [2.75, 3.05) is 36.9 Å². The van der Waals surface area contributed by atoms with Gasteiger partial charge >= 0.3 is 5.97 Å². The van der Waals surface area contributed by atoms with Gasteiger partial charge in [0.25, 0.3) is 39.5 Å². The van der Waals surface area contributed by atoms with E-state index in [1.807, 2.05) is 65.0 Å². The van der Waals surface area contributed by atoms with Crippen molar-refractivity contribution < 1.29 is 101 Å². The van der Waals surface area contributed by atoms with E-state index in [0.29, 0.717) is 54.3 Å². The minimum Gasteiger partial charge on any atom is -0.756 e. The zero-order valence-corrected chi connectivity index (χ0v) is 53.4. The molecule has 0 aliphatic carbocycles. The summed E-state index contributed by atoms with van der Waals surface area (Å²) in [5.41, 5.74) is 9.95. The van der Waals surface area contributed by atoms with Crippen LogP contribution in [0, 0.1) is 11.8 Å². The number of allylic oxidation sites excluding steroid dienone is 6. The molecule has 91 heavy (non-hydrogen) atoms. The van der Waals surface area contributed by atoms with Gasteiger partial charge in [0.2, 0.25) is 17.5 Å². The minimum absolute atomic E-state index is 0.00932. The predicted molar refractivity (Wildman–Crippen MR) is 321 cm³/mol. The fourth-order valence-corrected chi connectivity index (χ4v) is 15.0. The number of ether oxygens (including phenoxy) is 2. The Hall–Kier alpha value is -7.17. The summed E-state index contributed by atoms with van der Waals surface area (Å²) >= 11 is 0. The highest BCUT2D eigenvalue weighted by molar-refractivity contribution is 7.86. The number of aliphatic hydroxyl groups is 1. The third-order valence-electron chi connectivity index (χ3n) is 15.3. The Morgan fingerprint density at radius 1 is 0.901 bits per heavy atom. The molecule has 0 radical (unpaired) electrons. The summed E-state index contributed by atoms with van der Waals surface area (Å²) < 4.78 is 131. The van der Waals surface area contributed by atoms with Crippen molar-refractivity contribution in [3.8, 4) is 17.7 Å². The fourth-order valence-electron chi connectivity index (χ4n) is 11.1. The number of anilines is 2. The monoisotopic (exact) mass is 1350 g/mol. The molecule has 3 aliphatic rings. The molecule has 34 heteroatoms. The zero-order chi connectivity index (χ0) is 66.2. The number of hydrogen-bond donors (Lipinski definition) is 5. The maximum absolute atomic E-state index is 13.9. The van der Waals surface area contributed by atoms with E-state index >= 15 is 0 Å². The number of nitrogens with one attached hydrogen (secondary N) is 1. The van der Waals surface area contributed by atoms with Crippen LogP contribution < -0.4 is 35.4 Å². The standard InChI is InChI=1S/C57H63N8O21P3S2/c1-6-63-43-26-23-36(90(76,77)78)30-41(43)56(2,3)47(63)19-9-7-10-20-48-57(4,5)42-31-37(91(79,80)81)24-27-44(42)64(48)29-14-8-11-21-49(67)59-28-15-16-35-22-25-40(39-18-13-12-17-38(35)39)54(68)84-53-51-52(61-55(58)62-53)65(34-60-51)50-32-45(66)46(83-50)33-82-88(72,73)86-89(74,75)85-87(69,70)71/h7,9-10,12-13,17-20,22-27,30-31,34,45-46,50,66H,6,8,11,14,21,28-29,32-33H2,1-5H3,(H8-,58,59,61,62,67,69,70,71,72,73,74,75,76,77,78,79,80,81)/p-3. The minimum atomic E-state index is -6.18. The maximum atomic E-state index is 13.9. The zero-order valence-electron chi connectivity index (χ0n) is 49.1. The van der Waals surface area contributed by atoms with Gasteiger partial charge in [-0.15, -0.1) is 0 Å². The lowest BCUT2D eigenvalue weighted by molar-refractivity contribution is -0.438. The number of hydrogen-bond acceptors (Lipinski definition) is 24. The van der Waals surface area contributed by atoms with Gasteiger partial charge in [-0.1, -0.05) is 68.2 Å². The van der Waals surface area contributed by atoms with Gasteiger partial charge in [-0.05, 0) is 98.5 Å². The highest BCUT2D eigenvalue weighted by Crippen LogP contribution is 2.61.